The van der Waals surface area contributed by atoms with Crippen LogP contribution in [0.4, 0.5) is 0 Å². The molecule has 3 nitrogen and oxygen atoms in total. The van der Waals surface area contributed by atoms with E-state index in [1.807, 2.05) is 25.1 Å². The molecule has 0 saturated heterocycles. The molecular formula is C19H26O3. The predicted molar refractivity (Wildman–Crippen MR) is 89.6 cm³/mol. The first kappa shape index (κ1) is 18.2. The van der Waals surface area contributed by atoms with Crippen LogP contribution < -0.4 is 0 Å². The fourth-order valence-electron chi connectivity index (χ4n) is 2.30. The van der Waals surface area contributed by atoms with Crippen LogP contribution >= 0.6 is 0 Å². The molecular weight excluding hydrogens is 276 g/mol. The Morgan fingerprint density at radius 3 is 2.50 bits per heavy atom. The third kappa shape index (κ3) is 6.72. The molecule has 120 valence electrons. The van der Waals surface area contributed by atoms with E-state index in [-0.39, 0.29) is 18.0 Å². The van der Waals surface area contributed by atoms with Gasteiger partial charge >= 0.3 is 5.97 Å². The van der Waals surface area contributed by atoms with Crippen molar-refractivity contribution in [3.63, 3.8) is 0 Å². The molecule has 1 rings (SSSR count). The number of benzene rings is 1. The zero-order valence-corrected chi connectivity index (χ0v) is 13.9. The quantitative estimate of drug-likeness (QED) is 0.414. The van der Waals surface area contributed by atoms with E-state index in [0.717, 1.165) is 12.0 Å². The van der Waals surface area contributed by atoms with Crippen molar-refractivity contribution in [1.29, 1.82) is 0 Å². The second-order valence-corrected chi connectivity index (χ2v) is 5.32. The standard InChI is InChI=1S/C19H26O3/c1-5-22-19(20)12-11-15(2)13-16(3)18(21-4)14-17-9-7-6-8-10-17/h6-13,16,18H,5,14H2,1-4H3/b12-11+,15-13+/t16-,18-/m0/s1. The molecule has 0 heterocycles. The Hall–Kier alpha value is -1.87. The van der Waals surface area contributed by atoms with Crippen molar-refractivity contribution in [2.24, 2.45) is 5.92 Å². The Morgan fingerprint density at radius 2 is 1.91 bits per heavy atom. The lowest BCUT2D eigenvalue weighted by molar-refractivity contribution is -0.137. The number of hydrogen-bond acceptors (Lipinski definition) is 3. The van der Waals surface area contributed by atoms with Gasteiger partial charge < -0.3 is 9.47 Å². The van der Waals surface area contributed by atoms with Gasteiger partial charge in [0.05, 0.1) is 12.7 Å². The highest BCUT2D eigenvalue weighted by molar-refractivity contribution is 5.82. The number of carbonyl (C=O) groups excluding carboxylic acids is 1. The first-order valence-corrected chi connectivity index (χ1v) is 7.66. The maximum atomic E-state index is 11.3. The van der Waals surface area contributed by atoms with Crippen LogP contribution in [0.5, 0.6) is 0 Å². The zero-order valence-electron chi connectivity index (χ0n) is 13.9. The van der Waals surface area contributed by atoms with E-state index in [1.54, 1.807) is 20.1 Å². The topological polar surface area (TPSA) is 35.5 Å². The minimum atomic E-state index is -0.310. The smallest absolute Gasteiger partial charge is 0.330 e. The summed E-state index contributed by atoms with van der Waals surface area (Å²) in [7, 11) is 1.74. The maximum absolute atomic E-state index is 11.3. The minimum absolute atomic E-state index is 0.105. The van der Waals surface area contributed by atoms with Gasteiger partial charge in [-0.25, -0.2) is 4.79 Å². The van der Waals surface area contributed by atoms with Crippen molar-refractivity contribution in [3.05, 3.63) is 59.7 Å². The largest absolute Gasteiger partial charge is 0.463 e. The van der Waals surface area contributed by atoms with Gasteiger partial charge in [0.1, 0.15) is 0 Å². The second-order valence-electron chi connectivity index (χ2n) is 5.32. The Kier molecular flexibility index (Phi) is 8.23. The minimum Gasteiger partial charge on any atom is -0.463 e. The van der Waals surface area contributed by atoms with E-state index < -0.39 is 0 Å². The summed E-state index contributed by atoms with van der Waals surface area (Å²) in [4.78, 5) is 11.3. The highest BCUT2D eigenvalue weighted by atomic mass is 16.5. The van der Waals surface area contributed by atoms with Crippen molar-refractivity contribution in [1.82, 2.24) is 0 Å². The van der Waals surface area contributed by atoms with Crippen molar-refractivity contribution in [3.8, 4) is 0 Å². The average molecular weight is 302 g/mol. The summed E-state index contributed by atoms with van der Waals surface area (Å²) in [5, 5.41) is 0. The van der Waals surface area contributed by atoms with Gasteiger partial charge in [0.2, 0.25) is 0 Å². The van der Waals surface area contributed by atoms with Gasteiger partial charge in [-0.2, -0.15) is 0 Å². The molecule has 0 saturated carbocycles. The van der Waals surface area contributed by atoms with Gasteiger partial charge in [0.15, 0.2) is 0 Å². The monoisotopic (exact) mass is 302 g/mol. The molecule has 0 fully saturated rings. The van der Waals surface area contributed by atoms with Crippen molar-refractivity contribution in [2.75, 3.05) is 13.7 Å². The van der Waals surface area contributed by atoms with Gasteiger partial charge in [-0.3, -0.25) is 0 Å². The van der Waals surface area contributed by atoms with Crippen molar-refractivity contribution in [2.45, 2.75) is 33.3 Å². The summed E-state index contributed by atoms with van der Waals surface area (Å²) in [6.07, 6.45) is 6.33. The van der Waals surface area contributed by atoms with Crippen molar-refractivity contribution >= 4 is 5.97 Å². The molecule has 0 N–H and O–H groups in total. The molecule has 0 aromatic heterocycles. The van der Waals surface area contributed by atoms with E-state index in [2.05, 4.69) is 25.1 Å². The van der Waals surface area contributed by atoms with Gasteiger partial charge in [-0.05, 0) is 25.8 Å². The molecule has 1 aromatic carbocycles. The Labute approximate surface area is 133 Å². The molecule has 0 radical (unpaired) electrons. The van der Waals surface area contributed by atoms with Crippen molar-refractivity contribution < 1.29 is 14.3 Å². The number of allylic oxidation sites excluding steroid dienone is 2. The first-order chi connectivity index (χ1) is 10.6. The SMILES string of the molecule is CCOC(=O)/C=C/C(C)=C/[C@H](C)[C@H](Cc1ccccc1)OC. The van der Waals surface area contributed by atoms with Gasteiger partial charge in [0.25, 0.3) is 0 Å². The summed E-state index contributed by atoms with van der Waals surface area (Å²) in [5.74, 6) is -0.0625. The van der Waals surface area contributed by atoms with Gasteiger partial charge in [-0.1, -0.05) is 55.0 Å². The fourth-order valence-corrected chi connectivity index (χ4v) is 2.30. The highest BCUT2D eigenvalue weighted by Gasteiger charge is 2.15. The van der Waals surface area contributed by atoms with Crippen LogP contribution in [0.3, 0.4) is 0 Å². The number of carbonyl (C=O) groups is 1. The molecule has 0 aliphatic carbocycles. The van der Waals surface area contributed by atoms with Gasteiger partial charge in [-0.15, -0.1) is 0 Å². The molecule has 0 spiro atoms. The average Bonchev–Trinajstić information content (AvgIpc) is 2.51. The van der Waals surface area contributed by atoms with Crippen LogP contribution in [-0.4, -0.2) is 25.8 Å². The Bertz CT molecular complexity index is 503. The molecule has 2 atom stereocenters. The third-order valence-corrected chi connectivity index (χ3v) is 3.46. The lowest BCUT2D eigenvalue weighted by Crippen LogP contribution is -2.22. The fraction of sp³-hybridized carbons (Fsp3) is 0.421. The molecule has 1 aromatic rings. The molecule has 0 bridgehead atoms. The second kappa shape index (κ2) is 9.96. The highest BCUT2D eigenvalue weighted by Crippen LogP contribution is 2.16. The molecule has 0 aliphatic heterocycles. The number of ether oxygens (including phenoxy) is 2. The van der Waals surface area contributed by atoms with Gasteiger partial charge in [0, 0.05) is 19.1 Å². The summed E-state index contributed by atoms with van der Waals surface area (Å²) in [6, 6.07) is 10.3. The zero-order chi connectivity index (χ0) is 16.4. The molecule has 3 heteroatoms. The number of methoxy groups -OCH3 is 1. The van der Waals surface area contributed by atoms with Crippen LogP contribution in [0, 0.1) is 5.92 Å². The summed E-state index contributed by atoms with van der Waals surface area (Å²) >= 11 is 0. The molecule has 0 aliphatic rings. The summed E-state index contributed by atoms with van der Waals surface area (Å²) in [6.45, 7) is 6.29. The number of rotatable bonds is 8. The van der Waals surface area contributed by atoms with E-state index in [9.17, 15) is 4.79 Å². The van der Waals surface area contributed by atoms with Crippen LogP contribution in [-0.2, 0) is 20.7 Å². The van der Waals surface area contributed by atoms with Crippen LogP contribution in [0.2, 0.25) is 0 Å². The maximum Gasteiger partial charge on any atom is 0.330 e. The Balaban J connectivity index is 2.65. The molecule has 0 amide bonds. The normalized spacial score (nSPS) is 14.8. The van der Waals surface area contributed by atoms with E-state index in [4.69, 9.17) is 9.47 Å². The first-order valence-electron chi connectivity index (χ1n) is 7.66. The van der Waals surface area contributed by atoms with E-state index in [0.29, 0.717) is 6.61 Å². The number of esters is 1. The molecule has 0 unspecified atom stereocenters. The van der Waals surface area contributed by atoms with E-state index >= 15 is 0 Å². The number of hydrogen-bond donors (Lipinski definition) is 0. The summed E-state index contributed by atoms with van der Waals surface area (Å²) in [5.41, 5.74) is 2.28. The van der Waals surface area contributed by atoms with E-state index in [1.165, 1.54) is 11.6 Å². The third-order valence-electron chi connectivity index (χ3n) is 3.46. The summed E-state index contributed by atoms with van der Waals surface area (Å²) < 4.78 is 10.5. The molecule has 22 heavy (non-hydrogen) atoms. The van der Waals surface area contributed by atoms with Crippen LogP contribution in [0.1, 0.15) is 26.3 Å². The lowest BCUT2D eigenvalue weighted by Gasteiger charge is -2.20. The lowest BCUT2D eigenvalue weighted by atomic mass is 9.95. The Morgan fingerprint density at radius 1 is 1.23 bits per heavy atom. The van der Waals surface area contributed by atoms with Crippen LogP contribution in [0.15, 0.2) is 54.1 Å². The predicted octanol–water partition coefficient (Wildman–Crippen LogP) is 3.95. The van der Waals surface area contributed by atoms with Crippen LogP contribution in [0.25, 0.3) is 0 Å².